The Hall–Kier alpha value is -3.16. The lowest BCUT2D eigenvalue weighted by Gasteiger charge is -2.07. The summed E-state index contributed by atoms with van der Waals surface area (Å²) in [7, 11) is 0. The number of hydrogen-bond donors (Lipinski definition) is 4. The maximum absolute atomic E-state index is 11.7. The van der Waals surface area contributed by atoms with E-state index in [2.05, 4.69) is 10.7 Å². The van der Waals surface area contributed by atoms with Gasteiger partial charge in [-0.05, 0) is 24.3 Å². The lowest BCUT2D eigenvalue weighted by molar-refractivity contribution is -0.131. The maximum atomic E-state index is 11.7. The predicted octanol–water partition coefficient (Wildman–Crippen LogP) is 0.437. The number of carbonyl (C=O) groups is 4. The number of amides is 3. The second-order valence-corrected chi connectivity index (χ2v) is 4.09. The molecule has 8 nitrogen and oxygen atoms in total. The van der Waals surface area contributed by atoms with Crippen LogP contribution in [0.25, 0.3) is 0 Å². The van der Waals surface area contributed by atoms with Crippen LogP contribution in [0.1, 0.15) is 23.7 Å². The van der Waals surface area contributed by atoms with Crippen molar-refractivity contribution in [1.82, 2.24) is 10.9 Å². The average Bonchev–Trinajstić information content (AvgIpc) is 2.51. The number of aliphatic carboxylic acids is 1. The van der Waals surface area contributed by atoms with Crippen LogP contribution >= 0.6 is 0 Å². The molecule has 0 aliphatic heterocycles. The summed E-state index contributed by atoms with van der Waals surface area (Å²) < 4.78 is 0. The first-order chi connectivity index (χ1) is 10.4. The van der Waals surface area contributed by atoms with Crippen molar-refractivity contribution in [3.05, 3.63) is 42.0 Å². The molecule has 3 amide bonds. The van der Waals surface area contributed by atoms with E-state index in [1.807, 2.05) is 5.43 Å². The van der Waals surface area contributed by atoms with Crippen LogP contribution < -0.4 is 16.2 Å². The number of nitrogens with one attached hydrogen (secondary N) is 3. The van der Waals surface area contributed by atoms with Crippen LogP contribution in [0.15, 0.2) is 36.4 Å². The number of hydrogen-bond acceptors (Lipinski definition) is 4. The molecule has 0 spiro atoms. The molecule has 0 aliphatic carbocycles. The van der Waals surface area contributed by atoms with Gasteiger partial charge in [0.05, 0.1) is 0 Å². The highest BCUT2D eigenvalue weighted by molar-refractivity contribution is 5.99. The Morgan fingerprint density at radius 3 is 2.23 bits per heavy atom. The number of benzene rings is 1. The summed E-state index contributed by atoms with van der Waals surface area (Å²) in [4.78, 5) is 44.3. The summed E-state index contributed by atoms with van der Waals surface area (Å²) in [6.07, 6.45) is 1.76. The van der Waals surface area contributed by atoms with E-state index < -0.39 is 17.8 Å². The van der Waals surface area contributed by atoms with Crippen molar-refractivity contribution in [3.63, 3.8) is 0 Å². The van der Waals surface area contributed by atoms with Crippen LogP contribution in [0.3, 0.4) is 0 Å². The predicted molar refractivity (Wildman–Crippen MR) is 77.7 cm³/mol. The lowest BCUT2D eigenvalue weighted by atomic mass is 10.2. The van der Waals surface area contributed by atoms with Gasteiger partial charge in [-0.1, -0.05) is 6.92 Å². The SMILES string of the molecule is CCC(=O)Nc1ccc(C(=O)NNC(=O)/C=C\C(=O)O)cc1. The number of carboxylic acids is 1. The van der Waals surface area contributed by atoms with Crippen molar-refractivity contribution in [3.8, 4) is 0 Å². The number of hydrazine groups is 1. The normalized spacial score (nSPS) is 10.0. The largest absolute Gasteiger partial charge is 0.478 e. The quantitative estimate of drug-likeness (QED) is 0.464. The van der Waals surface area contributed by atoms with Gasteiger partial charge in [0.2, 0.25) is 5.91 Å². The Labute approximate surface area is 126 Å². The van der Waals surface area contributed by atoms with Crippen molar-refractivity contribution < 1.29 is 24.3 Å². The van der Waals surface area contributed by atoms with Gasteiger partial charge in [-0.2, -0.15) is 0 Å². The van der Waals surface area contributed by atoms with E-state index >= 15 is 0 Å². The fourth-order valence-electron chi connectivity index (χ4n) is 1.33. The minimum atomic E-state index is -1.27. The van der Waals surface area contributed by atoms with Crippen LogP contribution in [0.5, 0.6) is 0 Å². The van der Waals surface area contributed by atoms with Crippen molar-refractivity contribution in [2.24, 2.45) is 0 Å². The lowest BCUT2D eigenvalue weighted by Crippen LogP contribution is -2.40. The zero-order chi connectivity index (χ0) is 16.5. The molecule has 0 atom stereocenters. The number of carboxylic acid groups (broad SMARTS) is 1. The number of carbonyl (C=O) groups excluding carboxylic acids is 3. The average molecular weight is 305 g/mol. The van der Waals surface area contributed by atoms with Crippen LogP contribution in [-0.4, -0.2) is 28.8 Å². The van der Waals surface area contributed by atoms with Gasteiger partial charge < -0.3 is 10.4 Å². The molecule has 0 bridgehead atoms. The van der Waals surface area contributed by atoms with Gasteiger partial charge in [0.1, 0.15) is 0 Å². The van der Waals surface area contributed by atoms with Crippen molar-refractivity contribution in [1.29, 1.82) is 0 Å². The first-order valence-electron chi connectivity index (χ1n) is 6.33. The molecule has 1 aromatic rings. The van der Waals surface area contributed by atoms with Crippen LogP contribution in [0.4, 0.5) is 5.69 Å². The first kappa shape index (κ1) is 16.9. The zero-order valence-electron chi connectivity index (χ0n) is 11.8. The Bertz CT molecular complexity index is 607. The molecule has 0 heterocycles. The van der Waals surface area contributed by atoms with Gasteiger partial charge in [0, 0.05) is 29.8 Å². The molecule has 0 saturated heterocycles. The standard InChI is InChI=1S/C14H15N3O5/c1-2-11(18)15-10-5-3-9(4-6-10)14(22)17-16-12(19)7-8-13(20)21/h3-8H,2H2,1H3,(H,15,18)(H,16,19)(H,17,22)(H,20,21)/b8-7-. The highest BCUT2D eigenvalue weighted by Crippen LogP contribution is 2.09. The number of rotatable bonds is 5. The van der Waals surface area contributed by atoms with E-state index in [1.165, 1.54) is 12.1 Å². The summed E-state index contributed by atoms with van der Waals surface area (Å²) in [5.41, 5.74) is 4.97. The van der Waals surface area contributed by atoms with Gasteiger partial charge in [0.25, 0.3) is 11.8 Å². The molecule has 0 aromatic heterocycles. The van der Waals surface area contributed by atoms with Crippen LogP contribution in [-0.2, 0) is 14.4 Å². The summed E-state index contributed by atoms with van der Waals surface area (Å²) >= 11 is 0. The summed E-state index contributed by atoms with van der Waals surface area (Å²) in [6, 6.07) is 6.04. The smallest absolute Gasteiger partial charge is 0.328 e. The van der Waals surface area contributed by atoms with Crippen molar-refractivity contribution in [2.75, 3.05) is 5.32 Å². The molecule has 1 rings (SSSR count). The molecule has 22 heavy (non-hydrogen) atoms. The first-order valence-corrected chi connectivity index (χ1v) is 6.33. The van der Waals surface area contributed by atoms with E-state index in [1.54, 1.807) is 19.1 Å². The number of anilines is 1. The molecule has 116 valence electrons. The zero-order valence-corrected chi connectivity index (χ0v) is 11.8. The Morgan fingerprint density at radius 2 is 1.68 bits per heavy atom. The minimum Gasteiger partial charge on any atom is -0.478 e. The molecule has 4 N–H and O–H groups in total. The Morgan fingerprint density at radius 1 is 1.05 bits per heavy atom. The van der Waals surface area contributed by atoms with E-state index in [-0.39, 0.29) is 11.5 Å². The minimum absolute atomic E-state index is 0.144. The molecular formula is C14H15N3O5. The third-order valence-electron chi connectivity index (χ3n) is 2.43. The van der Waals surface area contributed by atoms with Gasteiger partial charge in [-0.3, -0.25) is 25.2 Å². The molecule has 8 heteroatoms. The highest BCUT2D eigenvalue weighted by atomic mass is 16.4. The van der Waals surface area contributed by atoms with E-state index in [9.17, 15) is 19.2 Å². The third-order valence-corrected chi connectivity index (χ3v) is 2.43. The second-order valence-electron chi connectivity index (χ2n) is 4.09. The Balaban J connectivity index is 2.54. The van der Waals surface area contributed by atoms with Gasteiger partial charge >= 0.3 is 5.97 Å². The molecule has 0 unspecified atom stereocenters. The van der Waals surface area contributed by atoms with E-state index in [0.717, 1.165) is 6.08 Å². The van der Waals surface area contributed by atoms with Gasteiger partial charge in [-0.15, -0.1) is 0 Å². The monoisotopic (exact) mass is 305 g/mol. The third kappa shape index (κ3) is 5.87. The summed E-state index contributed by atoms with van der Waals surface area (Å²) in [5.74, 6) is -2.77. The van der Waals surface area contributed by atoms with E-state index in [0.29, 0.717) is 18.2 Å². The van der Waals surface area contributed by atoms with Crippen molar-refractivity contribution in [2.45, 2.75) is 13.3 Å². The van der Waals surface area contributed by atoms with E-state index in [4.69, 9.17) is 5.11 Å². The van der Waals surface area contributed by atoms with Crippen molar-refractivity contribution >= 4 is 29.4 Å². The Kier molecular flexibility index (Phi) is 6.30. The topological polar surface area (TPSA) is 125 Å². The highest BCUT2D eigenvalue weighted by Gasteiger charge is 2.07. The van der Waals surface area contributed by atoms with Crippen LogP contribution in [0.2, 0.25) is 0 Å². The summed E-state index contributed by atoms with van der Waals surface area (Å²) in [6.45, 7) is 1.72. The fourth-order valence-corrected chi connectivity index (χ4v) is 1.33. The van der Waals surface area contributed by atoms with Crippen LogP contribution in [0, 0.1) is 0 Å². The van der Waals surface area contributed by atoms with Gasteiger partial charge in [0.15, 0.2) is 0 Å². The molecule has 0 radical (unpaired) electrons. The molecular weight excluding hydrogens is 290 g/mol. The van der Waals surface area contributed by atoms with Gasteiger partial charge in [-0.25, -0.2) is 4.79 Å². The molecule has 0 aliphatic rings. The summed E-state index contributed by atoms with van der Waals surface area (Å²) in [5, 5.41) is 11.0. The molecule has 0 fully saturated rings. The fraction of sp³-hybridized carbons (Fsp3) is 0.143. The maximum Gasteiger partial charge on any atom is 0.328 e. The molecule has 0 saturated carbocycles. The molecule has 1 aromatic carbocycles. The second kappa shape index (κ2) is 8.20.